The first-order valence-corrected chi connectivity index (χ1v) is 4.92. The van der Waals surface area contributed by atoms with Crippen LogP contribution in [0.15, 0.2) is 30.3 Å². The minimum Gasteiger partial charge on any atom is -0.306 e. The zero-order valence-electron chi connectivity index (χ0n) is 8.97. The van der Waals surface area contributed by atoms with E-state index >= 15 is 0 Å². The molecule has 0 saturated heterocycles. The molecule has 0 atom stereocenters. The first-order chi connectivity index (χ1) is 7.09. The number of rotatable bonds is 3. The molecule has 1 aromatic rings. The van der Waals surface area contributed by atoms with Gasteiger partial charge in [-0.2, -0.15) is 0 Å². The number of nitrogens with one attached hydrogen (secondary N) is 1. The fourth-order valence-electron chi connectivity index (χ4n) is 1.14. The van der Waals surface area contributed by atoms with Crippen molar-refractivity contribution in [3.8, 4) is 0 Å². The van der Waals surface area contributed by atoms with Crippen LogP contribution in [0.3, 0.4) is 0 Å². The van der Waals surface area contributed by atoms with Crippen molar-refractivity contribution in [1.29, 1.82) is 0 Å². The molecule has 0 spiro atoms. The molecule has 0 heterocycles. The number of benzene rings is 1. The number of carbonyl (C=O) groups excluding carboxylic acids is 1. The first kappa shape index (κ1) is 11.5. The van der Waals surface area contributed by atoms with Crippen LogP contribution in [0.5, 0.6) is 0 Å². The average molecular weight is 208 g/mol. The molecule has 4 heteroatoms. The molecule has 0 bridgehead atoms. The van der Waals surface area contributed by atoms with Crippen molar-refractivity contribution in [1.82, 2.24) is 5.06 Å². The molecule has 0 saturated carbocycles. The number of hydroxylamine groups is 2. The predicted octanol–water partition coefficient (Wildman–Crippen LogP) is 2.57. The number of anilines is 1. The predicted molar refractivity (Wildman–Crippen MR) is 58.8 cm³/mol. The lowest BCUT2D eigenvalue weighted by Crippen LogP contribution is -2.34. The molecule has 0 aliphatic carbocycles. The van der Waals surface area contributed by atoms with E-state index < -0.39 is 6.03 Å². The fraction of sp³-hybridized carbons (Fsp3) is 0.364. The van der Waals surface area contributed by atoms with Crippen LogP contribution in [0.1, 0.15) is 13.8 Å². The van der Waals surface area contributed by atoms with Crippen LogP contribution in [0.2, 0.25) is 0 Å². The van der Waals surface area contributed by atoms with Crippen LogP contribution < -0.4 is 5.32 Å². The second kappa shape index (κ2) is 5.36. The van der Waals surface area contributed by atoms with Crippen molar-refractivity contribution in [3.05, 3.63) is 30.3 Å². The summed E-state index contributed by atoms with van der Waals surface area (Å²) in [4.78, 5) is 11.4. The van der Waals surface area contributed by atoms with Crippen molar-refractivity contribution < 1.29 is 10.0 Å². The molecule has 2 N–H and O–H groups in total. The van der Waals surface area contributed by atoms with Gasteiger partial charge in [-0.3, -0.25) is 5.21 Å². The summed E-state index contributed by atoms with van der Waals surface area (Å²) in [5, 5.41) is 12.6. The van der Waals surface area contributed by atoms with Crippen LogP contribution >= 0.6 is 0 Å². The lowest BCUT2D eigenvalue weighted by Gasteiger charge is -2.17. The van der Waals surface area contributed by atoms with Crippen molar-refractivity contribution in [2.24, 2.45) is 5.92 Å². The molecule has 0 aromatic heterocycles. The van der Waals surface area contributed by atoms with Gasteiger partial charge in [-0.05, 0) is 18.1 Å². The minimum atomic E-state index is -0.505. The van der Waals surface area contributed by atoms with E-state index in [0.29, 0.717) is 17.3 Å². The molecule has 15 heavy (non-hydrogen) atoms. The van der Waals surface area contributed by atoms with Crippen LogP contribution in [-0.2, 0) is 0 Å². The second-order valence-electron chi connectivity index (χ2n) is 3.77. The number of para-hydroxylation sites is 1. The Labute approximate surface area is 89.5 Å². The third-order valence-corrected chi connectivity index (χ3v) is 1.80. The van der Waals surface area contributed by atoms with Gasteiger partial charge in [0.15, 0.2) is 0 Å². The van der Waals surface area contributed by atoms with Gasteiger partial charge in [0.25, 0.3) is 0 Å². The van der Waals surface area contributed by atoms with Crippen molar-refractivity contribution >= 4 is 11.7 Å². The lowest BCUT2D eigenvalue weighted by molar-refractivity contribution is -0.0453. The smallest absolute Gasteiger partial charge is 0.306 e. The van der Waals surface area contributed by atoms with E-state index in [4.69, 9.17) is 0 Å². The van der Waals surface area contributed by atoms with Crippen molar-refractivity contribution in [2.75, 3.05) is 11.9 Å². The van der Waals surface area contributed by atoms with E-state index in [9.17, 15) is 10.0 Å². The maximum Gasteiger partial charge on any atom is 0.345 e. The first-order valence-electron chi connectivity index (χ1n) is 4.92. The number of amides is 2. The maximum atomic E-state index is 11.4. The van der Waals surface area contributed by atoms with Gasteiger partial charge in [0.05, 0.1) is 6.54 Å². The van der Waals surface area contributed by atoms with Gasteiger partial charge in [0.2, 0.25) is 0 Å². The van der Waals surface area contributed by atoms with Gasteiger partial charge < -0.3 is 5.32 Å². The average Bonchev–Trinajstić information content (AvgIpc) is 2.18. The van der Waals surface area contributed by atoms with E-state index in [0.717, 1.165) is 0 Å². The van der Waals surface area contributed by atoms with E-state index in [1.54, 1.807) is 12.1 Å². The highest BCUT2D eigenvalue weighted by Gasteiger charge is 2.11. The Morgan fingerprint density at radius 1 is 1.40 bits per heavy atom. The second-order valence-corrected chi connectivity index (χ2v) is 3.77. The standard InChI is InChI=1S/C11H16N2O2/c1-9(2)8-13(15)11(14)12-10-6-4-3-5-7-10/h3-7,9,15H,8H2,1-2H3,(H,12,14). The Morgan fingerprint density at radius 3 is 2.53 bits per heavy atom. The van der Waals surface area contributed by atoms with Crippen LogP contribution in [0.25, 0.3) is 0 Å². The summed E-state index contributed by atoms with van der Waals surface area (Å²) in [6, 6.07) is 8.53. The van der Waals surface area contributed by atoms with E-state index in [-0.39, 0.29) is 5.92 Å². The van der Waals surface area contributed by atoms with Gasteiger partial charge in [-0.1, -0.05) is 32.0 Å². The molecule has 0 aliphatic rings. The van der Waals surface area contributed by atoms with Crippen LogP contribution in [0.4, 0.5) is 10.5 Å². The minimum absolute atomic E-state index is 0.233. The highest BCUT2D eigenvalue weighted by Crippen LogP contribution is 2.06. The zero-order valence-corrected chi connectivity index (χ0v) is 8.97. The molecule has 0 unspecified atom stereocenters. The molecule has 1 aromatic carbocycles. The Morgan fingerprint density at radius 2 is 2.00 bits per heavy atom. The summed E-state index contributed by atoms with van der Waals surface area (Å²) in [5.74, 6) is 0.233. The summed E-state index contributed by atoms with van der Waals surface area (Å²) < 4.78 is 0. The molecular weight excluding hydrogens is 192 g/mol. The number of hydrogen-bond donors (Lipinski definition) is 2. The van der Waals surface area contributed by atoms with Crippen molar-refractivity contribution in [2.45, 2.75) is 13.8 Å². The maximum absolute atomic E-state index is 11.4. The Balaban J connectivity index is 2.49. The Bertz CT molecular complexity index is 312. The molecule has 1 rings (SSSR count). The summed E-state index contributed by atoms with van der Waals surface area (Å²) in [6.45, 7) is 4.18. The van der Waals surface area contributed by atoms with Gasteiger partial charge in [-0.15, -0.1) is 0 Å². The third kappa shape index (κ3) is 3.99. The number of urea groups is 1. The van der Waals surface area contributed by atoms with E-state index in [1.807, 2.05) is 32.0 Å². The van der Waals surface area contributed by atoms with Gasteiger partial charge in [0, 0.05) is 5.69 Å². The number of hydrogen-bond acceptors (Lipinski definition) is 2. The monoisotopic (exact) mass is 208 g/mol. The number of nitrogens with zero attached hydrogens (tertiary/aromatic N) is 1. The molecule has 4 nitrogen and oxygen atoms in total. The highest BCUT2D eigenvalue weighted by atomic mass is 16.5. The van der Waals surface area contributed by atoms with Gasteiger partial charge in [-0.25, -0.2) is 9.86 Å². The Kier molecular flexibility index (Phi) is 4.12. The van der Waals surface area contributed by atoms with Crippen LogP contribution in [-0.4, -0.2) is 22.8 Å². The Hall–Kier alpha value is -1.55. The number of carbonyl (C=O) groups is 1. The zero-order chi connectivity index (χ0) is 11.3. The summed E-state index contributed by atoms with van der Waals surface area (Å²) in [5.41, 5.74) is 0.672. The van der Waals surface area contributed by atoms with Gasteiger partial charge in [0.1, 0.15) is 0 Å². The topological polar surface area (TPSA) is 52.6 Å². The van der Waals surface area contributed by atoms with E-state index in [1.165, 1.54) is 0 Å². The molecular formula is C11H16N2O2. The van der Waals surface area contributed by atoms with Gasteiger partial charge >= 0.3 is 6.03 Å². The molecule has 0 radical (unpaired) electrons. The normalized spacial score (nSPS) is 10.1. The van der Waals surface area contributed by atoms with Crippen LogP contribution in [0, 0.1) is 5.92 Å². The summed E-state index contributed by atoms with van der Waals surface area (Å²) in [7, 11) is 0. The quantitative estimate of drug-likeness (QED) is 0.592. The summed E-state index contributed by atoms with van der Waals surface area (Å²) in [6.07, 6.45) is 0. The van der Waals surface area contributed by atoms with E-state index in [2.05, 4.69) is 5.32 Å². The fourth-order valence-corrected chi connectivity index (χ4v) is 1.14. The molecule has 0 aliphatic heterocycles. The largest absolute Gasteiger partial charge is 0.345 e. The summed E-state index contributed by atoms with van der Waals surface area (Å²) >= 11 is 0. The molecule has 2 amide bonds. The lowest BCUT2D eigenvalue weighted by atomic mass is 10.2. The molecule has 0 fully saturated rings. The SMILES string of the molecule is CC(C)CN(O)C(=O)Nc1ccccc1. The third-order valence-electron chi connectivity index (χ3n) is 1.80. The molecule has 82 valence electrons. The highest BCUT2D eigenvalue weighted by molar-refractivity contribution is 5.88. The van der Waals surface area contributed by atoms with Crippen molar-refractivity contribution in [3.63, 3.8) is 0 Å².